The Morgan fingerprint density at radius 2 is 1.79 bits per heavy atom. The fourth-order valence-electron chi connectivity index (χ4n) is 3.27. The molecule has 0 bridgehead atoms. The molecule has 0 saturated carbocycles. The van der Waals surface area contributed by atoms with Crippen LogP contribution in [-0.2, 0) is 15.6 Å². The first kappa shape index (κ1) is 26.7. The Bertz CT molecular complexity index is 1060. The Morgan fingerprint density at radius 1 is 1.03 bits per heavy atom. The molecule has 0 aromatic heterocycles. The minimum absolute atomic E-state index is 0.0357. The molecular formula is C28H36N2O2S. The van der Waals surface area contributed by atoms with Crippen molar-refractivity contribution in [2.45, 2.75) is 51.9 Å². The van der Waals surface area contributed by atoms with Crippen molar-refractivity contribution in [1.82, 2.24) is 10.2 Å². The van der Waals surface area contributed by atoms with Crippen molar-refractivity contribution < 1.29 is 9.00 Å². The van der Waals surface area contributed by atoms with Gasteiger partial charge in [0.1, 0.15) is 5.75 Å². The number of nitrogens with one attached hydrogen (secondary N) is 1. The molecule has 33 heavy (non-hydrogen) atoms. The van der Waals surface area contributed by atoms with E-state index in [-0.39, 0.29) is 17.1 Å². The van der Waals surface area contributed by atoms with Crippen molar-refractivity contribution in [3.05, 3.63) is 42.5 Å². The molecule has 0 spiro atoms. The van der Waals surface area contributed by atoms with Gasteiger partial charge in [0.2, 0.25) is 5.91 Å². The maximum Gasteiger partial charge on any atom is 0.233 e. The van der Waals surface area contributed by atoms with Gasteiger partial charge >= 0.3 is 0 Å². The molecule has 1 N–H and O–H groups in total. The number of hydrogen-bond acceptors (Lipinski definition) is 3. The van der Waals surface area contributed by atoms with E-state index in [9.17, 15) is 9.00 Å². The number of rotatable bonds is 11. The minimum atomic E-state index is -1.39. The van der Waals surface area contributed by atoms with Gasteiger partial charge in [0.25, 0.3) is 0 Å². The van der Waals surface area contributed by atoms with Crippen LogP contribution in [0.1, 0.15) is 47.0 Å². The van der Waals surface area contributed by atoms with Crippen molar-refractivity contribution in [3.8, 4) is 23.7 Å². The van der Waals surface area contributed by atoms with Gasteiger partial charge in [-0.2, -0.15) is 0 Å². The number of amides is 1. The summed E-state index contributed by atoms with van der Waals surface area (Å²) in [5.74, 6) is 11.9. The zero-order chi connectivity index (χ0) is 24.1. The van der Waals surface area contributed by atoms with Crippen LogP contribution < -0.4 is 5.32 Å². The Kier molecular flexibility index (Phi) is 11.2. The third-order valence-electron chi connectivity index (χ3n) is 4.98. The summed E-state index contributed by atoms with van der Waals surface area (Å²) in [5, 5.41) is 4.88. The van der Waals surface area contributed by atoms with Crippen LogP contribution in [0.3, 0.4) is 0 Å². The fourth-order valence-corrected chi connectivity index (χ4v) is 4.42. The number of fused-ring (bicyclic) bond motifs is 1. The first-order valence-electron chi connectivity index (χ1n) is 11.7. The molecule has 2 aromatic carbocycles. The molecule has 2 rings (SSSR count). The summed E-state index contributed by atoms with van der Waals surface area (Å²) >= 11 is 0. The standard InChI is InChI=1S/C28H36N2O2S/c1-5-6-11-20-30(21-12-7-10-18-28(2,3)4)22-19-29-27(31)23-33(32)26-17-13-15-24-14-8-9-16-25(24)26/h8-9,13-17H,5-6,11,19-23H2,1-4H3,(H,29,31). The van der Waals surface area contributed by atoms with E-state index >= 15 is 0 Å². The molecule has 0 saturated heterocycles. The Labute approximate surface area is 202 Å². The quantitative estimate of drug-likeness (QED) is 0.390. The molecule has 0 aliphatic heterocycles. The maximum absolute atomic E-state index is 12.8. The molecule has 4 nitrogen and oxygen atoms in total. The van der Waals surface area contributed by atoms with E-state index < -0.39 is 10.8 Å². The van der Waals surface area contributed by atoms with Crippen LogP contribution in [-0.4, -0.2) is 46.9 Å². The van der Waals surface area contributed by atoms with E-state index in [2.05, 4.69) is 61.6 Å². The van der Waals surface area contributed by atoms with Crippen LogP contribution in [0.5, 0.6) is 0 Å². The molecule has 176 valence electrons. The summed E-state index contributed by atoms with van der Waals surface area (Å²) in [6.07, 6.45) is 3.43. The number of hydrogen-bond donors (Lipinski definition) is 1. The summed E-state index contributed by atoms with van der Waals surface area (Å²) in [5.41, 5.74) is -0.0497. The van der Waals surface area contributed by atoms with Gasteiger partial charge in [-0.3, -0.25) is 13.9 Å². The SMILES string of the molecule is CCCCCN(CC#CC#CC(C)(C)C)CCNC(=O)CS(=O)c1cccc2ccccc12. The number of carbonyl (C=O) groups excluding carboxylic acids is 1. The zero-order valence-electron chi connectivity index (χ0n) is 20.4. The highest BCUT2D eigenvalue weighted by Gasteiger charge is 2.13. The predicted octanol–water partition coefficient (Wildman–Crippen LogP) is 4.61. The smallest absolute Gasteiger partial charge is 0.233 e. The van der Waals surface area contributed by atoms with Crippen molar-refractivity contribution in [1.29, 1.82) is 0 Å². The molecule has 0 heterocycles. The first-order chi connectivity index (χ1) is 15.8. The Balaban J connectivity index is 1.86. The lowest BCUT2D eigenvalue weighted by Crippen LogP contribution is -2.37. The second kappa shape index (κ2) is 13.8. The van der Waals surface area contributed by atoms with E-state index in [1.807, 2.05) is 42.5 Å². The lowest BCUT2D eigenvalue weighted by molar-refractivity contribution is -0.118. The average molecular weight is 465 g/mol. The van der Waals surface area contributed by atoms with Crippen LogP contribution in [0, 0.1) is 29.1 Å². The van der Waals surface area contributed by atoms with Crippen molar-refractivity contribution in [2.75, 3.05) is 31.9 Å². The van der Waals surface area contributed by atoms with Gasteiger partial charge < -0.3 is 5.32 Å². The van der Waals surface area contributed by atoms with Gasteiger partial charge in [-0.15, -0.1) is 0 Å². The van der Waals surface area contributed by atoms with Gasteiger partial charge in [0, 0.05) is 23.4 Å². The summed E-state index contributed by atoms with van der Waals surface area (Å²) in [6.45, 7) is 11.2. The topological polar surface area (TPSA) is 49.4 Å². The molecule has 5 heteroatoms. The molecule has 0 aliphatic rings. The molecule has 0 radical (unpaired) electrons. The van der Waals surface area contributed by atoms with Gasteiger partial charge in [-0.1, -0.05) is 68.0 Å². The van der Waals surface area contributed by atoms with Crippen molar-refractivity contribution in [3.63, 3.8) is 0 Å². The zero-order valence-corrected chi connectivity index (χ0v) is 21.2. The van der Waals surface area contributed by atoms with Crippen LogP contribution in [0.2, 0.25) is 0 Å². The lowest BCUT2D eigenvalue weighted by Gasteiger charge is -2.19. The highest BCUT2D eigenvalue weighted by Crippen LogP contribution is 2.21. The molecule has 2 aromatic rings. The molecule has 1 unspecified atom stereocenters. The van der Waals surface area contributed by atoms with Gasteiger partial charge in [0.15, 0.2) is 0 Å². The minimum Gasteiger partial charge on any atom is -0.354 e. The second-order valence-electron chi connectivity index (χ2n) is 9.10. The van der Waals surface area contributed by atoms with Gasteiger partial charge in [0.05, 0.1) is 17.3 Å². The van der Waals surface area contributed by atoms with E-state index in [0.29, 0.717) is 24.5 Å². The van der Waals surface area contributed by atoms with Crippen LogP contribution in [0.4, 0.5) is 0 Å². The molecular weight excluding hydrogens is 428 g/mol. The molecule has 1 amide bonds. The van der Waals surface area contributed by atoms with Crippen molar-refractivity contribution >= 4 is 27.5 Å². The van der Waals surface area contributed by atoms with E-state index in [0.717, 1.165) is 30.2 Å². The summed E-state index contributed by atoms with van der Waals surface area (Å²) in [7, 11) is -1.39. The molecule has 1 atom stereocenters. The van der Waals surface area contributed by atoms with Gasteiger partial charge in [-0.05, 0) is 62.4 Å². The summed E-state index contributed by atoms with van der Waals surface area (Å²) < 4.78 is 12.8. The number of benzene rings is 2. The number of nitrogens with zero attached hydrogens (tertiary/aromatic N) is 1. The summed E-state index contributed by atoms with van der Waals surface area (Å²) in [4.78, 5) is 15.4. The first-order valence-corrected chi connectivity index (χ1v) is 13.0. The van der Waals surface area contributed by atoms with Crippen LogP contribution in [0.15, 0.2) is 47.4 Å². The highest BCUT2D eigenvalue weighted by molar-refractivity contribution is 7.86. The largest absolute Gasteiger partial charge is 0.354 e. The van der Waals surface area contributed by atoms with Crippen molar-refractivity contribution in [2.24, 2.45) is 5.41 Å². The predicted molar refractivity (Wildman–Crippen MR) is 139 cm³/mol. The Hall–Kier alpha value is -2.60. The van der Waals surface area contributed by atoms with Gasteiger partial charge in [-0.25, -0.2) is 0 Å². The molecule has 0 fully saturated rings. The van der Waals surface area contributed by atoms with Crippen LogP contribution in [0.25, 0.3) is 10.8 Å². The third kappa shape index (κ3) is 10.3. The fraction of sp³-hybridized carbons (Fsp3) is 0.464. The second-order valence-corrected chi connectivity index (χ2v) is 10.5. The lowest BCUT2D eigenvalue weighted by atomic mass is 9.98. The van der Waals surface area contributed by atoms with Crippen LogP contribution >= 0.6 is 0 Å². The Morgan fingerprint density at radius 3 is 2.55 bits per heavy atom. The monoisotopic (exact) mass is 464 g/mol. The normalized spacial score (nSPS) is 11.9. The number of unbranched alkanes of at least 4 members (excludes halogenated alkanes) is 2. The average Bonchev–Trinajstić information content (AvgIpc) is 2.77. The summed E-state index contributed by atoms with van der Waals surface area (Å²) in [6, 6.07) is 13.5. The van der Waals surface area contributed by atoms with E-state index in [1.54, 1.807) is 0 Å². The van der Waals surface area contributed by atoms with E-state index in [1.165, 1.54) is 6.42 Å². The maximum atomic E-state index is 12.8. The van der Waals surface area contributed by atoms with E-state index in [4.69, 9.17) is 0 Å². The highest BCUT2D eigenvalue weighted by atomic mass is 32.2. The third-order valence-corrected chi connectivity index (χ3v) is 6.35. The number of carbonyl (C=O) groups is 1. The molecule has 0 aliphatic carbocycles.